The molecule has 0 aliphatic heterocycles. The van der Waals surface area contributed by atoms with Gasteiger partial charge in [0.05, 0.1) is 6.10 Å². The van der Waals surface area contributed by atoms with Gasteiger partial charge in [-0.1, -0.05) is 38.5 Å². The summed E-state index contributed by atoms with van der Waals surface area (Å²) in [4.78, 5) is 53.0. The third-order valence-corrected chi connectivity index (χ3v) is 6.08. The number of carboxylic acid groups (broad SMARTS) is 1. The second-order valence-electron chi connectivity index (χ2n) is 8.83. The molecule has 8 N–H and O–H groups in total. The van der Waals surface area contributed by atoms with Crippen molar-refractivity contribution in [3.05, 3.63) is 36.0 Å². The lowest BCUT2D eigenvalue weighted by Gasteiger charge is -2.26. The molecule has 0 aliphatic carbocycles. The fourth-order valence-corrected chi connectivity index (χ4v) is 3.56. The minimum Gasteiger partial charge on any atom is -0.480 e. The number of aromatic nitrogens is 1. The smallest absolute Gasteiger partial charge is 0.326 e. The van der Waals surface area contributed by atoms with E-state index in [9.17, 15) is 29.4 Å². The molecule has 2 aromatic rings. The molecule has 11 heteroatoms. The molecule has 0 saturated heterocycles. The first-order valence-corrected chi connectivity index (χ1v) is 11.6. The number of carbonyl (C=O) groups is 4. The van der Waals surface area contributed by atoms with Crippen molar-refractivity contribution < 1.29 is 29.4 Å². The molecule has 0 aliphatic rings. The summed E-state index contributed by atoms with van der Waals surface area (Å²) in [7, 11) is 0. The van der Waals surface area contributed by atoms with Crippen LogP contribution in [0.2, 0.25) is 0 Å². The lowest BCUT2D eigenvalue weighted by atomic mass is 9.98. The van der Waals surface area contributed by atoms with Gasteiger partial charge in [-0.15, -0.1) is 0 Å². The number of aromatic amines is 1. The van der Waals surface area contributed by atoms with E-state index in [1.54, 1.807) is 13.1 Å². The van der Waals surface area contributed by atoms with Crippen LogP contribution in [-0.2, 0) is 25.6 Å². The molecule has 0 bridgehead atoms. The molecule has 6 atom stereocenters. The fraction of sp³-hybridized carbons (Fsp3) is 0.500. The number of hydrogen-bond acceptors (Lipinski definition) is 6. The van der Waals surface area contributed by atoms with Crippen molar-refractivity contribution in [1.82, 2.24) is 20.9 Å². The third kappa shape index (κ3) is 7.27. The number of aliphatic carboxylic acids is 1. The summed E-state index contributed by atoms with van der Waals surface area (Å²) in [5.41, 5.74) is 7.21. The zero-order valence-corrected chi connectivity index (χ0v) is 20.4. The van der Waals surface area contributed by atoms with E-state index in [1.165, 1.54) is 13.8 Å². The number of H-pyrrole nitrogens is 1. The van der Waals surface area contributed by atoms with Crippen LogP contribution < -0.4 is 21.7 Å². The third-order valence-electron chi connectivity index (χ3n) is 6.08. The fourth-order valence-electron chi connectivity index (χ4n) is 3.56. The van der Waals surface area contributed by atoms with Gasteiger partial charge in [-0.05, 0) is 31.4 Å². The minimum absolute atomic E-state index is 0.0856. The number of para-hydroxylation sites is 1. The normalized spacial score (nSPS) is 16.4. The summed E-state index contributed by atoms with van der Waals surface area (Å²) in [5, 5.41) is 27.5. The van der Waals surface area contributed by atoms with Crippen LogP contribution in [0.3, 0.4) is 0 Å². The predicted molar refractivity (Wildman–Crippen MR) is 130 cm³/mol. The van der Waals surface area contributed by atoms with E-state index in [4.69, 9.17) is 5.73 Å². The Balaban J connectivity index is 2.25. The lowest BCUT2D eigenvalue weighted by molar-refractivity contribution is -0.143. The van der Waals surface area contributed by atoms with Gasteiger partial charge in [0.15, 0.2) is 0 Å². The van der Waals surface area contributed by atoms with Crippen molar-refractivity contribution in [2.45, 2.75) is 70.8 Å². The minimum atomic E-state index is -1.22. The van der Waals surface area contributed by atoms with Crippen LogP contribution in [0.15, 0.2) is 30.5 Å². The first kappa shape index (κ1) is 27.8. The van der Waals surface area contributed by atoms with Crippen LogP contribution in [-0.4, -0.2) is 69.2 Å². The topological polar surface area (TPSA) is 187 Å². The van der Waals surface area contributed by atoms with Gasteiger partial charge in [0.25, 0.3) is 0 Å². The summed E-state index contributed by atoms with van der Waals surface area (Å²) in [6.45, 7) is 6.31. The van der Waals surface area contributed by atoms with Crippen molar-refractivity contribution in [1.29, 1.82) is 0 Å². The maximum absolute atomic E-state index is 13.2. The average molecular weight is 490 g/mol. The van der Waals surface area contributed by atoms with Crippen molar-refractivity contribution >= 4 is 34.6 Å². The van der Waals surface area contributed by atoms with E-state index in [2.05, 4.69) is 20.9 Å². The Kier molecular flexibility index (Phi) is 9.78. The van der Waals surface area contributed by atoms with E-state index in [1.807, 2.05) is 31.2 Å². The standard InChI is InChI=1S/C24H35N5O6/c1-5-12(2)20(24(34)35)29-22(32)18(10-15-11-26-17-9-7-6-8-16(15)17)28-21(31)13(3)27-23(33)19(25)14(4)30/h6-9,11-14,18-20,26,30H,5,10,25H2,1-4H3,(H,27,33)(H,28,31)(H,29,32)(H,34,35). The highest BCUT2D eigenvalue weighted by Crippen LogP contribution is 2.19. The van der Waals surface area contributed by atoms with Crippen molar-refractivity contribution in [3.63, 3.8) is 0 Å². The highest BCUT2D eigenvalue weighted by Gasteiger charge is 2.31. The highest BCUT2D eigenvalue weighted by molar-refractivity contribution is 5.94. The van der Waals surface area contributed by atoms with Crippen LogP contribution in [0, 0.1) is 5.92 Å². The number of aliphatic hydroxyl groups excluding tert-OH is 1. The van der Waals surface area contributed by atoms with Crippen molar-refractivity contribution in [3.8, 4) is 0 Å². The second-order valence-corrected chi connectivity index (χ2v) is 8.83. The van der Waals surface area contributed by atoms with Crippen LogP contribution in [0.5, 0.6) is 0 Å². The maximum atomic E-state index is 13.2. The molecule has 3 amide bonds. The number of nitrogens with two attached hydrogens (primary N) is 1. The SMILES string of the molecule is CCC(C)C(NC(=O)C(Cc1c[nH]c2ccccc12)NC(=O)C(C)NC(=O)C(N)C(C)O)C(=O)O. The summed E-state index contributed by atoms with van der Waals surface area (Å²) < 4.78 is 0. The van der Waals surface area contributed by atoms with Gasteiger partial charge in [0.1, 0.15) is 24.2 Å². The van der Waals surface area contributed by atoms with Crippen LogP contribution >= 0.6 is 0 Å². The van der Waals surface area contributed by atoms with Crippen LogP contribution in [0.25, 0.3) is 10.9 Å². The van der Waals surface area contributed by atoms with Crippen molar-refractivity contribution in [2.75, 3.05) is 0 Å². The van der Waals surface area contributed by atoms with E-state index in [0.717, 1.165) is 16.5 Å². The molecular formula is C24H35N5O6. The molecule has 1 heterocycles. The quantitative estimate of drug-likeness (QED) is 0.219. The van der Waals surface area contributed by atoms with E-state index in [0.29, 0.717) is 6.42 Å². The van der Waals surface area contributed by atoms with E-state index >= 15 is 0 Å². The Morgan fingerprint density at radius 2 is 1.66 bits per heavy atom. The Hall–Kier alpha value is -3.44. The molecule has 0 saturated carbocycles. The molecule has 0 fully saturated rings. The lowest BCUT2D eigenvalue weighted by Crippen LogP contribution is -2.58. The number of hydrogen-bond donors (Lipinski definition) is 7. The molecule has 2 rings (SSSR count). The molecule has 11 nitrogen and oxygen atoms in total. The monoisotopic (exact) mass is 489 g/mol. The maximum Gasteiger partial charge on any atom is 0.326 e. The van der Waals surface area contributed by atoms with Crippen molar-refractivity contribution in [2.24, 2.45) is 11.7 Å². The van der Waals surface area contributed by atoms with Gasteiger partial charge in [-0.25, -0.2) is 4.79 Å². The average Bonchev–Trinajstić information content (AvgIpc) is 3.23. The number of rotatable bonds is 12. The summed E-state index contributed by atoms with van der Waals surface area (Å²) in [6.07, 6.45) is 1.23. The Morgan fingerprint density at radius 3 is 2.26 bits per heavy atom. The zero-order chi connectivity index (χ0) is 26.3. The number of aliphatic hydroxyl groups is 1. The summed E-state index contributed by atoms with van der Waals surface area (Å²) >= 11 is 0. The Bertz CT molecular complexity index is 1050. The molecule has 0 radical (unpaired) electrons. The van der Waals surface area contributed by atoms with Gasteiger partial charge in [0, 0.05) is 23.5 Å². The number of benzene rings is 1. The molecule has 192 valence electrons. The second kappa shape index (κ2) is 12.3. The molecule has 6 unspecified atom stereocenters. The van der Waals surface area contributed by atoms with Crippen LogP contribution in [0.4, 0.5) is 0 Å². The zero-order valence-electron chi connectivity index (χ0n) is 20.4. The Morgan fingerprint density at radius 1 is 1.00 bits per heavy atom. The number of carbonyl (C=O) groups excluding carboxylic acids is 3. The van der Waals surface area contributed by atoms with E-state index in [-0.39, 0.29) is 12.3 Å². The van der Waals surface area contributed by atoms with Gasteiger partial charge in [-0.3, -0.25) is 14.4 Å². The van der Waals surface area contributed by atoms with Gasteiger partial charge in [0.2, 0.25) is 17.7 Å². The number of nitrogens with one attached hydrogen (secondary N) is 4. The van der Waals surface area contributed by atoms with Gasteiger partial charge >= 0.3 is 5.97 Å². The molecule has 35 heavy (non-hydrogen) atoms. The molecule has 0 spiro atoms. The van der Waals surface area contributed by atoms with Crippen LogP contribution in [0.1, 0.15) is 39.7 Å². The predicted octanol–water partition coefficient (Wildman–Crippen LogP) is 0.0235. The highest BCUT2D eigenvalue weighted by atomic mass is 16.4. The summed E-state index contributed by atoms with van der Waals surface area (Å²) in [6, 6.07) is 2.93. The molecule has 1 aromatic carbocycles. The van der Waals surface area contributed by atoms with Gasteiger partial charge in [-0.2, -0.15) is 0 Å². The molecule has 1 aromatic heterocycles. The largest absolute Gasteiger partial charge is 0.480 e. The first-order chi connectivity index (χ1) is 16.5. The van der Waals surface area contributed by atoms with E-state index < -0.39 is 54.0 Å². The number of fused-ring (bicyclic) bond motifs is 1. The molecular weight excluding hydrogens is 454 g/mol. The van der Waals surface area contributed by atoms with Gasteiger partial charge < -0.3 is 36.9 Å². The Labute approximate surface area is 203 Å². The summed E-state index contributed by atoms with van der Waals surface area (Å²) in [5.74, 6) is -3.54. The number of carboxylic acids is 1. The first-order valence-electron chi connectivity index (χ1n) is 11.6. The number of amides is 3.